The van der Waals surface area contributed by atoms with Crippen LogP contribution in [0.25, 0.3) is 0 Å². The lowest BCUT2D eigenvalue weighted by atomic mass is 9.67. The first-order valence-electron chi connectivity index (χ1n) is 13.2. The molecule has 2 N–H and O–H groups in total. The van der Waals surface area contributed by atoms with Crippen LogP contribution in [-0.2, 0) is 4.79 Å². The van der Waals surface area contributed by atoms with Gasteiger partial charge in [0.25, 0.3) is 5.91 Å². The number of nitrogens with one attached hydrogen (secondary N) is 1. The molecule has 0 aliphatic heterocycles. The van der Waals surface area contributed by atoms with Gasteiger partial charge in [-0.05, 0) is 117 Å². The number of carbonyl (C=O) groups is 2. The predicted octanol–water partition coefficient (Wildman–Crippen LogP) is 6.78. The normalized spacial score (nSPS) is 22.4. The number of fused-ring (bicyclic) bond motifs is 1. The Morgan fingerprint density at radius 1 is 1.16 bits per heavy atom. The minimum atomic E-state index is -1.32. The van der Waals surface area contributed by atoms with Crippen LogP contribution in [0.4, 0.5) is 0 Å². The number of aliphatic hydroxyl groups is 1. The third-order valence-corrected chi connectivity index (χ3v) is 11.1. The molecule has 5 rings (SSSR count). The second kappa shape index (κ2) is 10.5. The smallest absolute Gasteiger partial charge is 0.251 e. The van der Waals surface area contributed by atoms with Gasteiger partial charge >= 0.3 is 0 Å². The lowest BCUT2D eigenvalue weighted by Gasteiger charge is -2.39. The Labute approximate surface area is 232 Å². The lowest BCUT2D eigenvalue weighted by Crippen LogP contribution is -2.49. The zero-order valence-corrected chi connectivity index (χ0v) is 24.0. The zero-order chi connectivity index (χ0) is 27.1. The number of allylic oxidation sites excluding steroid dienone is 4. The highest BCUT2D eigenvalue weighted by atomic mass is 33.1. The van der Waals surface area contributed by atoms with Crippen LogP contribution in [0, 0.1) is 5.41 Å². The Morgan fingerprint density at radius 3 is 2.55 bits per heavy atom. The van der Waals surface area contributed by atoms with Crippen LogP contribution in [0.3, 0.4) is 0 Å². The van der Waals surface area contributed by atoms with Crippen LogP contribution in [0.2, 0.25) is 0 Å². The molecule has 0 bridgehead atoms. The van der Waals surface area contributed by atoms with E-state index >= 15 is 0 Å². The van der Waals surface area contributed by atoms with Gasteiger partial charge in [0.15, 0.2) is 5.78 Å². The summed E-state index contributed by atoms with van der Waals surface area (Å²) in [6, 6.07) is 13.7. The van der Waals surface area contributed by atoms with Gasteiger partial charge in [0.05, 0.1) is 0 Å². The fourth-order valence-corrected chi connectivity index (χ4v) is 7.89. The number of carbonyl (C=O) groups excluding carboxylic acids is 2. The molecule has 3 aliphatic rings. The van der Waals surface area contributed by atoms with E-state index in [0.29, 0.717) is 17.7 Å². The van der Waals surface area contributed by atoms with Crippen molar-refractivity contribution in [3.05, 3.63) is 93.7 Å². The van der Waals surface area contributed by atoms with Gasteiger partial charge in [-0.1, -0.05) is 34.6 Å². The van der Waals surface area contributed by atoms with Crippen LogP contribution in [0.15, 0.2) is 87.6 Å². The minimum absolute atomic E-state index is 0.0770. The third kappa shape index (κ3) is 4.80. The third-order valence-electron chi connectivity index (χ3n) is 8.32. The molecule has 0 saturated heterocycles. The highest BCUT2D eigenvalue weighted by Gasteiger charge is 2.64. The van der Waals surface area contributed by atoms with Gasteiger partial charge in [0.1, 0.15) is 10.6 Å². The molecule has 5 nitrogen and oxygen atoms in total. The molecule has 1 heterocycles. The molecule has 1 spiro atoms. The number of hydrogen-bond donors (Lipinski definition) is 2. The van der Waals surface area contributed by atoms with Crippen molar-refractivity contribution in [2.24, 2.45) is 5.41 Å². The Hall–Kier alpha value is -2.61. The summed E-state index contributed by atoms with van der Waals surface area (Å²) in [5.74, 6) is -0.225. The summed E-state index contributed by atoms with van der Waals surface area (Å²) in [7, 11) is 3.40. The molecule has 0 radical (unpaired) electrons. The first-order chi connectivity index (χ1) is 18.2. The minimum Gasteiger partial charge on any atom is -0.381 e. The van der Waals surface area contributed by atoms with Gasteiger partial charge in [-0.3, -0.25) is 9.59 Å². The van der Waals surface area contributed by atoms with E-state index < -0.39 is 11.0 Å². The molecule has 1 saturated carbocycles. The van der Waals surface area contributed by atoms with Crippen LogP contribution in [-0.4, -0.2) is 33.9 Å². The van der Waals surface area contributed by atoms with Crippen molar-refractivity contribution in [3.8, 4) is 0 Å². The van der Waals surface area contributed by atoms with E-state index in [2.05, 4.69) is 24.1 Å². The van der Waals surface area contributed by atoms with Gasteiger partial charge in [-0.2, -0.15) is 0 Å². The first kappa shape index (κ1) is 27.0. The van der Waals surface area contributed by atoms with Crippen molar-refractivity contribution >= 4 is 33.3 Å². The fraction of sp³-hybridized carbons (Fsp3) is 0.387. The Bertz CT molecular complexity index is 1350. The lowest BCUT2D eigenvalue weighted by molar-refractivity contribution is -0.137. The molecule has 1 aromatic heterocycles. The van der Waals surface area contributed by atoms with Crippen LogP contribution >= 0.6 is 21.6 Å². The van der Waals surface area contributed by atoms with Gasteiger partial charge in [-0.15, -0.1) is 0 Å². The number of nitrogens with zero attached hydrogens (tertiary/aromatic N) is 1. The van der Waals surface area contributed by atoms with E-state index in [0.717, 1.165) is 47.4 Å². The molecule has 38 heavy (non-hydrogen) atoms. The molecule has 2 aromatic rings. The summed E-state index contributed by atoms with van der Waals surface area (Å²) in [6.45, 7) is 8.51. The number of hydrogen-bond acceptors (Lipinski definition) is 6. The second-order valence-corrected chi connectivity index (χ2v) is 13.2. The number of ketones is 1. The van der Waals surface area contributed by atoms with Crippen molar-refractivity contribution in [1.29, 1.82) is 0 Å². The number of pyridine rings is 1. The quantitative estimate of drug-likeness (QED) is 0.267. The van der Waals surface area contributed by atoms with E-state index in [1.54, 1.807) is 34.7 Å². The SMILES string of the molecule is CC1=C(CCCNC(=O)c2ccc(C(C)SSc3ccccn3)cc2)C2=C(C)C3(CC3)[C@@](C)(O)C(=O)C2=C1. The van der Waals surface area contributed by atoms with Gasteiger partial charge in [-0.25, -0.2) is 4.98 Å². The van der Waals surface area contributed by atoms with E-state index in [1.165, 1.54) is 11.1 Å². The molecule has 1 amide bonds. The predicted molar refractivity (Wildman–Crippen MR) is 155 cm³/mol. The maximum atomic E-state index is 13.1. The van der Waals surface area contributed by atoms with Crippen molar-refractivity contribution in [1.82, 2.24) is 10.3 Å². The molecule has 1 unspecified atom stereocenters. The zero-order valence-electron chi connectivity index (χ0n) is 22.3. The number of benzene rings is 1. The molecular formula is C31H34N2O3S2. The largest absolute Gasteiger partial charge is 0.381 e. The van der Waals surface area contributed by atoms with E-state index in [4.69, 9.17) is 0 Å². The number of rotatable bonds is 9. The molecule has 198 valence electrons. The molecule has 7 heteroatoms. The van der Waals surface area contributed by atoms with E-state index in [-0.39, 0.29) is 16.9 Å². The van der Waals surface area contributed by atoms with E-state index in [9.17, 15) is 14.7 Å². The highest BCUT2D eigenvalue weighted by Crippen LogP contribution is 2.65. The standard InChI is InChI=1S/C31H34N2O3S2/c1-19-18-25-27(20(2)31(14-15-31)30(4,36)28(25)34)24(19)8-7-17-33-29(35)23-12-10-22(11-13-23)21(3)37-38-26-9-5-6-16-32-26/h5-6,9-13,16,18,21,36H,7-8,14-15,17H2,1-4H3,(H,33,35)/t21?,30-/m0/s1. The number of Topliss-reactive ketones (excluding diaryl/α,β-unsaturated/α-hetero) is 1. The van der Waals surface area contributed by atoms with Gasteiger partial charge in [0.2, 0.25) is 0 Å². The Balaban J connectivity index is 1.14. The molecule has 3 aliphatic carbocycles. The summed E-state index contributed by atoms with van der Waals surface area (Å²) in [6.07, 6.45) is 7.02. The molecule has 1 fully saturated rings. The average Bonchev–Trinajstić information content (AvgIpc) is 3.68. The topological polar surface area (TPSA) is 79.3 Å². The van der Waals surface area contributed by atoms with Gasteiger partial charge < -0.3 is 10.4 Å². The van der Waals surface area contributed by atoms with E-state index in [1.807, 2.05) is 55.5 Å². The number of amides is 1. The fourth-order valence-electron chi connectivity index (χ4n) is 5.78. The average molecular weight is 547 g/mol. The van der Waals surface area contributed by atoms with Crippen molar-refractivity contribution in [2.75, 3.05) is 6.54 Å². The maximum absolute atomic E-state index is 13.1. The summed E-state index contributed by atoms with van der Waals surface area (Å²) >= 11 is 0. The molecular weight excluding hydrogens is 512 g/mol. The Kier molecular flexibility index (Phi) is 7.46. The van der Waals surface area contributed by atoms with Gasteiger partial charge in [0, 0.05) is 34.5 Å². The first-order valence-corrected chi connectivity index (χ1v) is 15.4. The monoisotopic (exact) mass is 546 g/mol. The van der Waals surface area contributed by atoms with Crippen LogP contribution in [0.1, 0.15) is 74.5 Å². The van der Waals surface area contributed by atoms with Crippen molar-refractivity contribution in [3.63, 3.8) is 0 Å². The summed E-state index contributed by atoms with van der Waals surface area (Å²) < 4.78 is 0. The maximum Gasteiger partial charge on any atom is 0.251 e. The van der Waals surface area contributed by atoms with Crippen LogP contribution in [0.5, 0.6) is 0 Å². The summed E-state index contributed by atoms with van der Waals surface area (Å²) in [5.41, 5.74) is 5.22. The summed E-state index contributed by atoms with van der Waals surface area (Å²) in [5, 5.41) is 15.3. The molecule has 1 aromatic carbocycles. The number of aromatic nitrogens is 1. The molecule has 2 atom stereocenters. The van der Waals surface area contributed by atoms with Crippen molar-refractivity contribution in [2.45, 2.75) is 69.3 Å². The second-order valence-electron chi connectivity index (χ2n) is 10.7. The van der Waals surface area contributed by atoms with Crippen LogP contribution < -0.4 is 5.32 Å². The summed E-state index contributed by atoms with van der Waals surface area (Å²) in [4.78, 5) is 30.2. The Morgan fingerprint density at radius 2 is 1.89 bits per heavy atom. The van der Waals surface area contributed by atoms with Crippen molar-refractivity contribution < 1.29 is 14.7 Å². The highest BCUT2D eigenvalue weighted by molar-refractivity contribution is 8.76.